The van der Waals surface area contributed by atoms with Crippen molar-refractivity contribution in [3.8, 4) is 0 Å². The third kappa shape index (κ3) is 20.2. The van der Waals surface area contributed by atoms with Crippen LogP contribution in [-0.2, 0) is 19.7 Å². The van der Waals surface area contributed by atoms with Crippen molar-refractivity contribution >= 4 is 22.1 Å². The maximum Gasteiger partial charge on any atom is 1.00 e. The number of hydrogen-bond acceptors (Lipinski definition) is 6. The Balaban J connectivity index is -0.00000420. The molecule has 0 bridgehead atoms. The fourth-order valence-corrected chi connectivity index (χ4v) is 4.70. The van der Waals surface area contributed by atoms with Crippen molar-refractivity contribution in [1.29, 1.82) is 0 Å². The number of carbonyl (C=O) groups excluding carboxylic acids is 2. The molecule has 178 valence electrons. The van der Waals surface area contributed by atoms with E-state index in [4.69, 9.17) is 4.55 Å². The van der Waals surface area contributed by atoms with Gasteiger partial charge in [-0.1, -0.05) is 110 Å². The van der Waals surface area contributed by atoms with Crippen molar-refractivity contribution in [2.75, 3.05) is 0 Å². The molecule has 32 heavy (non-hydrogen) atoms. The van der Waals surface area contributed by atoms with Gasteiger partial charge in [0.1, 0.15) is 5.25 Å². The molecule has 0 heterocycles. The Kier molecular flexibility index (Phi) is 27.6. The Morgan fingerprint density at radius 3 is 1.22 bits per heavy atom. The van der Waals surface area contributed by atoms with Crippen LogP contribution in [0, 0.1) is 5.92 Å². The van der Waals surface area contributed by atoms with E-state index in [1.165, 1.54) is 70.6 Å². The van der Waals surface area contributed by atoms with E-state index in [0.29, 0.717) is 12.8 Å². The first kappa shape index (κ1) is 37.4. The number of aliphatic carboxylic acids is 2. The Morgan fingerprint density at radius 2 is 0.969 bits per heavy atom. The van der Waals surface area contributed by atoms with E-state index in [1.807, 2.05) is 0 Å². The third-order valence-electron chi connectivity index (χ3n) is 5.59. The first-order valence-corrected chi connectivity index (χ1v) is 13.1. The molecule has 0 rings (SSSR count). The van der Waals surface area contributed by atoms with Crippen LogP contribution >= 0.6 is 0 Å². The van der Waals surface area contributed by atoms with Crippen molar-refractivity contribution in [3.05, 3.63) is 0 Å². The monoisotopic (exact) mass is 494 g/mol. The van der Waals surface area contributed by atoms with Crippen molar-refractivity contribution < 1.29 is 91.9 Å². The first-order valence-electron chi connectivity index (χ1n) is 11.6. The van der Waals surface area contributed by atoms with E-state index < -0.39 is 33.2 Å². The maximum atomic E-state index is 11.1. The Morgan fingerprint density at radius 1 is 0.656 bits per heavy atom. The minimum atomic E-state index is -5.06. The second-order valence-electron chi connectivity index (χ2n) is 8.27. The van der Waals surface area contributed by atoms with Gasteiger partial charge >= 0.3 is 59.1 Å². The summed E-state index contributed by atoms with van der Waals surface area (Å²) in [5.41, 5.74) is 0. The molecule has 0 aromatic heterocycles. The van der Waals surface area contributed by atoms with Gasteiger partial charge in [0.25, 0.3) is 10.1 Å². The third-order valence-corrected chi connectivity index (χ3v) is 6.75. The summed E-state index contributed by atoms with van der Waals surface area (Å²) < 4.78 is 31.2. The number of rotatable bonds is 21. The van der Waals surface area contributed by atoms with Gasteiger partial charge in [-0.2, -0.15) is 8.42 Å². The summed E-state index contributed by atoms with van der Waals surface area (Å²) in [5, 5.41) is 19.5. The molecule has 0 fully saturated rings. The topological polar surface area (TPSA) is 135 Å². The SMILES string of the molecule is CCCCCCCCCCCCCCCCCCC(C(=O)[O-])C(C(=O)[O-])S(=O)(=O)O.[Na+].[Na+]. The summed E-state index contributed by atoms with van der Waals surface area (Å²) in [6.07, 6.45) is 18.2. The van der Waals surface area contributed by atoms with Gasteiger partial charge in [-0.25, -0.2) is 0 Å². The summed E-state index contributed by atoms with van der Waals surface area (Å²) in [7, 11) is -5.06. The smallest absolute Gasteiger partial charge is 0.550 e. The predicted molar refractivity (Wildman–Crippen MR) is 113 cm³/mol. The fourth-order valence-electron chi connectivity index (χ4n) is 3.80. The summed E-state index contributed by atoms with van der Waals surface area (Å²) in [6.45, 7) is 2.23. The van der Waals surface area contributed by atoms with Gasteiger partial charge < -0.3 is 19.8 Å². The molecule has 0 aromatic carbocycles. The number of unbranched alkanes of at least 4 members (excludes halogenated alkanes) is 15. The minimum Gasteiger partial charge on any atom is -0.550 e. The molecular formula is C22H40Na2O7S. The number of carbonyl (C=O) groups is 2. The van der Waals surface area contributed by atoms with Gasteiger partial charge in [0, 0.05) is 11.9 Å². The van der Waals surface area contributed by atoms with E-state index in [9.17, 15) is 28.2 Å². The van der Waals surface area contributed by atoms with Gasteiger partial charge in [0.2, 0.25) is 0 Å². The second kappa shape index (κ2) is 23.6. The van der Waals surface area contributed by atoms with Crippen molar-refractivity contribution in [3.63, 3.8) is 0 Å². The van der Waals surface area contributed by atoms with Gasteiger partial charge in [-0.15, -0.1) is 0 Å². The molecule has 0 saturated heterocycles. The van der Waals surface area contributed by atoms with Crippen LogP contribution in [0.4, 0.5) is 0 Å². The Bertz CT molecular complexity index is 571. The Hall–Kier alpha value is 0.850. The van der Waals surface area contributed by atoms with E-state index in [-0.39, 0.29) is 65.5 Å². The van der Waals surface area contributed by atoms with Crippen LogP contribution in [0.15, 0.2) is 0 Å². The summed E-state index contributed by atoms with van der Waals surface area (Å²) in [4.78, 5) is 22.0. The molecule has 2 atom stereocenters. The number of carboxylic acid groups (broad SMARTS) is 2. The quantitative estimate of drug-likeness (QED) is 0.102. The molecule has 2 unspecified atom stereocenters. The van der Waals surface area contributed by atoms with Crippen LogP contribution in [0.3, 0.4) is 0 Å². The van der Waals surface area contributed by atoms with Gasteiger partial charge in [-0.3, -0.25) is 4.55 Å². The van der Waals surface area contributed by atoms with E-state index >= 15 is 0 Å². The van der Waals surface area contributed by atoms with Gasteiger partial charge in [0.15, 0.2) is 0 Å². The van der Waals surface area contributed by atoms with Crippen LogP contribution < -0.4 is 69.3 Å². The molecule has 1 N–H and O–H groups in total. The maximum absolute atomic E-state index is 11.1. The predicted octanol–water partition coefficient (Wildman–Crippen LogP) is -2.98. The van der Waals surface area contributed by atoms with E-state index in [2.05, 4.69) is 6.92 Å². The van der Waals surface area contributed by atoms with Crippen LogP contribution in [0.1, 0.15) is 116 Å². The molecular weight excluding hydrogens is 454 g/mol. The number of hydrogen-bond donors (Lipinski definition) is 1. The van der Waals surface area contributed by atoms with E-state index in [0.717, 1.165) is 19.3 Å². The Labute approximate surface area is 239 Å². The van der Waals surface area contributed by atoms with Crippen molar-refractivity contribution in [2.24, 2.45) is 5.92 Å². The van der Waals surface area contributed by atoms with Crippen molar-refractivity contribution in [1.82, 2.24) is 0 Å². The molecule has 0 aliphatic heterocycles. The molecule has 0 saturated carbocycles. The van der Waals surface area contributed by atoms with Crippen LogP contribution in [0.5, 0.6) is 0 Å². The molecule has 0 aromatic rings. The minimum absolute atomic E-state index is 0. The second-order valence-corrected chi connectivity index (χ2v) is 9.81. The van der Waals surface area contributed by atoms with E-state index in [1.54, 1.807) is 0 Å². The summed E-state index contributed by atoms with van der Waals surface area (Å²) in [5.74, 6) is -5.73. The standard InChI is InChI=1S/C22H42O7S.2Na/c1-2-3-4-5-6-7-8-9-10-11-12-13-14-15-16-17-18-19(21(23)24)20(22(25)26)30(27,28)29;;/h19-20H,2-18H2,1H3,(H,23,24)(H,25,26)(H,27,28,29);;/q;2*+1/p-2. The summed E-state index contributed by atoms with van der Waals surface area (Å²) >= 11 is 0. The average Bonchev–Trinajstić information content (AvgIpc) is 2.65. The molecule has 0 amide bonds. The van der Waals surface area contributed by atoms with Crippen molar-refractivity contribution in [2.45, 2.75) is 121 Å². The largest absolute Gasteiger partial charge is 1.00 e. The van der Waals surface area contributed by atoms with Crippen LogP contribution in [0.25, 0.3) is 0 Å². The molecule has 0 spiro atoms. The molecule has 10 heteroatoms. The average molecular weight is 495 g/mol. The molecule has 0 radical (unpaired) electrons. The zero-order chi connectivity index (χ0) is 22.8. The summed E-state index contributed by atoms with van der Waals surface area (Å²) in [6, 6.07) is 0. The number of carboxylic acids is 2. The zero-order valence-electron chi connectivity index (χ0n) is 20.5. The van der Waals surface area contributed by atoms with Gasteiger partial charge in [-0.05, 0) is 6.42 Å². The molecule has 0 aliphatic carbocycles. The fraction of sp³-hybridized carbons (Fsp3) is 0.909. The van der Waals surface area contributed by atoms with Crippen LogP contribution in [-0.4, -0.2) is 30.2 Å². The first-order chi connectivity index (χ1) is 14.2. The van der Waals surface area contributed by atoms with Gasteiger partial charge in [0.05, 0.1) is 5.97 Å². The molecule has 7 nitrogen and oxygen atoms in total. The van der Waals surface area contributed by atoms with Crippen LogP contribution in [0.2, 0.25) is 0 Å². The zero-order valence-corrected chi connectivity index (χ0v) is 25.3. The normalized spacial score (nSPS) is 12.9. The molecule has 0 aliphatic rings.